The van der Waals surface area contributed by atoms with Crippen LogP contribution in [0.25, 0.3) is 0 Å². The Morgan fingerprint density at radius 3 is 3.00 bits per heavy atom. The van der Waals surface area contributed by atoms with Crippen molar-refractivity contribution in [1.82, 2.24) is 14.8 Å². The minimum Gasteiger partial charge on any atom is -0.381 e. The van der Waals surface area contributed by atoms with E-state index in [1.54, 1.807) is 11.8 Å². The first-order chi connectivity index (χ1) is 6.63. The summed E-state index contributed by atoms with van der Waals surface area (Å²) in [6, 6.07) is 0.252. The van der Waals surface area contributed by atoms with Crippen molar-refractivity contribution in [2.45, 2.75) is 31.9 Å². The highest BCUT2D eigenvalue weighted by molar-refractivity contribution is 7.99. The Bertz CT molecular complexity index is 318. The number of aliphatic hydroxyl groups is 1. The van der Waals surface area contributed by atoms with Crippen LogP contribution in [0.3, 0.4) is 0 Å². The molecule has 0 spiro atoms. The lowest BCUT2D eigenvalue weighted by atomic mass is 10.0. The molecule has 14 heavy (non-hydrogen) atoms. The Hall–Kier alpha value is -0.550. The number of nitrogens with zero attached hydrogens (tertiary/aromatic N) is 3. The van der Waals surface area contributed by atoms with Crippen molar-refractivity contribution in [2.24, 2.45) is 0 Å². The fourth-order valence-corrected chi connectivity index (χ4v) is 2.93. The van der Waals surface area contributed by atoms with E-state index in [-0.39, 0.29) is 6.04 Å². The predicted molar refractivity (Wildman–Crippen MR) is 56.2 cm³/mol. The molecule has 1 aromatic rings. The molecule has 78 valence electrons. The van der Waals surface area contributed by atoms with Crippen molar-refractivity contribution in [3.8, 4) is 0 Å². The molecule has 0 saturated carbocycles. The van der Waals surface area contributed by atoms with E-state index in [0.29, 0.717) is 0 Å². The smallest absolute Gasteiger partial charge is 0.160 e. The SMILES string of the molecule is CC(C)n1ncnc1C1(O)CCSC1. The molecule has 5 heteroatoms. The van der Waals surface area contributed by atoms with E-state index in [9.17, 15) is 5.11 Å². The number of hydrogen-bond donors (Lipinski definition) is 1. The number of thioether (sulfide) groups is 1. The van der Waals surface area contributed by atoms with Gasteiger partial charge in [-0.25, -0.2) is 9.67 Å². The third-order valence-corrected chi connectivity index (χ3v) is 3.65. The first-order valence-electron chi connectivity index (χ1n) is 4.83. The van der Waals surface area contributed by atoms with Gasteiger partial charge in [0.15, 0.2) is 5.82 Å². The van der Waals surface area contributed by atoms with Gasteiger partial charge in [0.1, 0.15) is 11.9 Å². The zero-order valence-corrected chi connectivity index (χ0v) is 9.29. The maximum Gasteiger partial charge on any atom is 0.160 e. The Balaban J connectivity index is 2.35. The maximum atomic E-state index is 10.3. The van der Waals surface area contributed by atoms with Crippen LogP contribution in [0, 0.1) is 0 Å². The van der Waals surface area contributed by atoms with Crippen molar-refractivity contribution >= 4 is 11.8 Å². The average molecular weight is 213 g/mol. The zero-order valence-electron chi connectivity index (χ0n) is 8.47. The summed E-state index contributed by atoms with van der Waals surface area (Å²) in [5.74, 6) is 2.46. The third-order valence-electron chi connectivity index (χ3n) is 2.48. The van der Waals surface area contributed by atoms with Gasteiger partial charge in [-0.1, -0.05) is 0 Å². The Morgan fingerprint density at radius 1 is 1.64 bits per heavy atom. The van der Waals surface area contributed by atoms with Crippen molar-refractivity contribution in [2.75, 3.05) is 11.5 Å². The summed E-state index contributed by atoms with van der Waals surface area (Å²) >= 11 is 1.77. The van der Waals surface area contributed by atoms with Crippen LogP contribution in [-0.4, -0.2) is 31.4 Å². The van der Waals surface area contributed by atoms with Crippen LogP contribution in [0.5, 0.6) is 0 Å². The summed E-state index contributed by atoms with van der Waals surface area (Å²) < 4.78 is 1.81. The first kappa shape index (κ1) is 9.98. The molecule has 1 fully saturated rings. The summed E-state index contributed by atoms with van der Waals surface area (Å²) in [7, 11) is 0. The minimum absolute atomic E-state index is 0.252. The number of rotatable bonds is 2. The highest BCUT2D eigenvalue weighted by Crippen LogP contribution is 2.35. The fraction of sp³-hybridized carbons (Fsp3) is 0.778. The molecule has 2 rings (SSSR count). The van der Waals surface area contributed by atoms with Crippen LogP contribution in [0.1, 0.15) is 32.1 Å². The monoisotopic (exact) mass is 213 g/mol. The van der Waals surface area contributed by atoms with Crippen LogP contribution in [-0.2, 0) is 5.60 Å². The van der Waals surface area contributed by atoms with Gasteiger partial charge in [0.25, 0.3) is 0 Å². The molecule has 0 amide bonds. The lowest BCUT2D eigenvalue weighted by molar-refractivity contribution is 0.0498. The van der Waals surface area contributed by atoms with Gasteiger partial charge >= 0.3 is 0 Å². The highest BCUT2D eigenvalue weighted by Gasteiger charge is 2.38. The van der Waals surface area contributed by atoms with E-state index in [2.05, 4.69) is 10.1 Å². The van der Waals surface area contributed by atoms with Crippen molar-refractivity contribution < 1.29 is 5.11 Å². The van der Waals surface area contributed by atoms with Crippen molar-refractivity contribution in [3.05, 3.63) is 12.2 Å². The highest BCUT2D eigenvalue weighted by atomic mass is 32.2. The minimum atomic E-state index is -0.758. The molecule has 2 heterocycles. The standard InChI is InChI=1S/C9H15N3OS/c1-7(2)12-8(10-6-11-12)9(13)3-4-14-5-9/h6-7,13H,3-5H2,1-2H3. The van der Waals surface area contributed by atoms with E-state index >= 15 is 0 Å². The Labute approximate surface area is 87.7 Å². The lowest BCUT2D eigenvalue weighted by Gasteiger charge is -2.22. The number of hydrogen-bond acceptors (Lipinski definition) is 4. The van der Waals surface area contributed by atoms with Crippen LogP contribution in [0.15, 0.2) is 6.33 Å². The summed E-state index contributed by atoms with van der Waals surface area (Å²) in [5, 5.41) is 14.5. The van der Waals surface area contributed by atoms with E-state index < -0.39 is 5.60 Å². The zero-order chi connectivity index (χ0) is 10.2. The van der Waals surface area contributed by atoms with Crippen LogP contribution in [0.2, 0.25) is 0 Å². The topological polar surface area (TPSA) is 50.9 Å². The second-order valence-electron chi connectivity index (χ2n) is 3.96. The molecule has 1 saturated heterocycles. The molecule has 0 aromatic carbocycles. The van der Waals surface area contributed by atoms with E-state index in [0.717, 1.165) is 23.8 Å². The quantitative estimate of drug-likeness (QED) is 0.801. The molecule has 1 aliphatic heterocycles. The summed E-state index contributed by atoms with van der Waals surface area (Å²) in [5.41, 5.74) is -0.758. The molecule has 1 aromatic heterocycles. The molecule has 1 aliphatic rings. The van der Waals surface area contributed by atoms with Crippen LogP contribution < -0.4 is 0 Å². The molecular formula is C9H15N3OS. The summed E-state index contributed by atoms with van der Waals surface area (Å²) in [6.45, 7) is 4.09. The Kier molecular flexibility index (Phi) is 2.53. The van der Waals surface area contributed by atoms with Crippen LogP contribution >= 0.6 is 11.8 Å². The van der Waals surface area contributed by atoms with Gasteiger partial charge in [0, 0.05) is 11.8 Å². The van der Waals surface area contributed by atoms with Crippen molar-refractivity contribution in [1.29, 1.82) is 0 Å². The Morgan fingerprint density at radius 2 is 2.43 bits per heavy atom. The van der Waals surface area contributed by atoms with Gasteiger partial charge in [-0.05, 0) is 26.0 Å². The molecule has 1 N–H and O–H groups in total. The maximum absolute atomic E-state index is 10.3. The van der Waals surface area contributed by atoms with E-state index in [4.69, 9.17) is 0 Å². The molecule has 0 radical (unpaired) electrons. The first-order valence-corrected chi connectivity index (χ1v) is 5.99. The lowest BCUT2D eigenvalue weighted by Crippen LogP contribution is -2.30. The molecule has 1 atom stereocenters. The second kappa shape index (κ2) is 3.55. The summed E-state index contributed by atoms with van der Waals surface area (Å²) in [6.07, 6.45) is 2.30. The van der Waals surface area contributed by atoms with Gasteiger partial charge < -0.3 is 5.11 Å². The average Bonchev–Trinajstić information content (AvgIpc) is 2.71. The summed E-state index contributed by atoms with van der Waals surface area (Å²) in [4.78, 5) is 4.18. The molecule has 0 bridgehead atoms. The molecule has 1 unspecified atom stereocenters. The van der Waals surface area contributed by atoms with Gasteiger partial charge in [-0.3, -0.25) is 0 Å². The van der Waals surface area contributed by atoms with Gasteiger partial charge in [-0.15, -0.1) is 0 Å². The number of aromatic nitrogens is 3. The van der Waals surface area contributed by atoms with Gasteiger partial charge in [-0.2, -0.15) is 16.9 Å². The normalized spacial score (nSPS) is 27.4. The molecular weight excluding hydrogens is 198 g/mol. The van der Waals surface area contributed by atoms with Gasteiger partial charge in [0.2, 0.25) is 0 Å². The third kappa shape index (κ3) is 1.54. The molecule has 0 aliphatic carbocycles. The largest absolute Gasteiger partial charge is 0.381 e. The molecule has 4 nitrogen and oxygen atoms in total. The second-order valence-corrected chi connectivity index (χ2v) is 5.06. The fourth-order valence-electron chi connectivity index (χ4n) is 1.69. The van der Waals surface area contributed by atoms with Crippen molar-refractivity contribution in [3.63, 3.8) is 0 Å². The van der Waals surface area contributed by atoms with Crippen LogP contribution in [0.4, 0.5) is 0 Å². The van der Waals surface area contributed by atoms with E-state index in [1.807, 2.05) is 18.5 Å². The predicted octanol–water partition coefficient (Wildman–Crippen LogP) is 1.18. The van der Waals surface area contributed by atoms with Gasteiger partial charge in [0.05, 0.1) is 0 Å². The van der Waals surface area contributed by atoms with E-state index in [1.165, 1.54) is 6.33 Å².